The van der Waals surface area contributed by atoms with Gasteiger partial charge in [0.2, 0.25) is 15.9 Å². The Morgan fingerprint density at radius 2 is 1.86 bits per heavy atom. The maximum absolute atomic E-state index is 11.4. The van der Waals surface area contributed by atoms with Gasteiger partial charge in [0.25, 0.3) is 0 Å². The van der Waals surface area contributed by atoms with Crippen LogP contribution in [0.4, 0.5) is 0 Å². The normalized spacial score (nSPS) is 11.8. The van der Waals surface area contributed by atoms with Gasteiger partial charge in [-0.3, -0.25) is 4.79 Å². The van der Waals surface area contributed by atoms with Gasteiger partial charge in [-0.1, -0.05) is 22.9 Å². The van der Waals surface area contributed by atoms with Crippen molar-refractivity contribution in [3.63, 3.8) is 0 Å². The summed E-state index contributed by atoms with van der Waals surface area (Å²) in [5.74, 6) is -0.226. The predicted molar refractivity (Wildman–Crippen MR) is 58.7 cm³/mol. The molecule has 0 atom stereocenters. The van der Waals surface area contributed by atoms with Crippen molar-refractivity contribution in [2.75, 3.05) is 31.8 Å². The molecule has 0 aromatic carbocycles. The fourth-order valence-electron chi connectivity index (χ4n) is 0.768. The van der Waals surface area contributed by atoms with E-state index < -0.39 is 10.0 Å². The van der Waals surface area contributed by atoms with E-state index in [1.807, 2.05) is 0 Å². The molecule has 0 bridgehead atoms. The molecule has 0 saturated heterocycles. The van der Waals surface area contributed by atoms with E-state index in [2.05, 4.69) is 15.9 Å². The second-order valence-corrected chi connectivity index (χ2v) is 6.21. The molecule has 0 aromatic heterocycles. The molecule has 0 fully saturated rings. The van der Waals surface area contributed by atoms with E-state index in [1.54, 1.807) is 21.0 Å². The highest BCUT2D eigenvalue weighted by molar-refractivity contribution is 9.10. The van der Waals surface area contributed by atoms with Crippen LogP contribution in [0.2, 0.25) is 0 Å². The Kier molecular flexibility index (Phi) is 5.61. The second kappa shape index (κ2) is 5.67. The first-order chi connectivity index (χ1) is 6.35. The molecule has 0 rings (SSSR count). The number of nitrogens with zero attached hydrogens (tertiary/aromatic N) is 2. The summed E-state index contributed by atoms with van der Waals surface area (Å²) in [7, 11) is -0.148. The highest BCUT2D eigenvalue weighted by Crippen LogP contribution is 2.04. The molecular formula is C7H15BrN2O3S. The van der Waals surface area contributed by atoms with E-state index in [1.165, 1.54) is 4.90 Å². The number of amides is 1. The summed E-state index contributed by atoms with van der Waals surface area (Å²) in [4.78, 5) is 12.6. The number of halogens is 1. The molecule has 0 aliphatic heterocycles. The number of likely N-dealkylation sites (N-methyl/N-ethyl adjacent to an activating group) is 2. The minimum atomic E-state index is -3.34. The standard InChI is InChI=1S/C7H15BrN2O3S/c1-4-10(14(12,13)6-8)5-7(11)9(2)3/h4-6H2,1-3H3. The van der Waals surface area contributed by atoms with Crippen molar-refractivity contribution < 1.29 is 13.2 Å². The van der Waals surface area contributed by atoms with Crippen LogP contribution in [0.25, 0.3) is 0 Å². The minimum absolute atomic E-state index is 0.0998. The molecule has 0 radical (unpaired) electrons. The Balaban J connectivity index is 4.54. The molecule has 0 unspecified atom stereocenters. The second-order valence-electron chi connectivity index (χ2n) is 2.94. The van der Waals surface area contributed by atoms with Gasteiger partial charge in [0.15, 0.2) is 0 Å². The Labute approximate surface area is 93.2 Å². The molecule has 0 heterocycles. The SMILES string of the molecule is CCN(CC(=O)N(C)C)S(=O)(=O)CBr. The lowest BCUT2D eigenvalue weighted by molar-refractivity contribution is -0.128. The average molecular weight is 287 g/mol. The summed E-state index contributed by atoms with van der Waals surface area (Å²) in [6.07, 6.45) is 0. The van der Waals surface area contributed by atoms with E-state index in [0.717, 1.165) is 4.31 Å². The van der Waals surface area contributed by atoms with Crippen LogP contribution in [-0.4, -0.2) is 55.4 Å². The van der Waals surface area contributed by atoms with Crippen molar-refractivity contribution in [2.24, 2.45) is 0 Å². The molecule has 7 heteroatoms. The summed E-state index contributed by atoms with van der Waals surface area (Å²) in [5.41, 5.74) is 0. The zero-order valence-electron chi connectivity index (χ0n) is 8.53. The van der Waals surface area contributed by atoms with Crippen molar-refractivity contribution in [1.82, 2.24) is 9.21 Å². The van der Waals surface area contributed by atoms with Crippen LogP contribution >= 0.6 is 15.9 Å². The third-order valence-electron chi connectivity index (χ3n) is 1.69. The minimum Gasteiger partial charge on any atom is -0.348 e. The quantitative estimate of drug-likeness (QED) is 0.673. The number of carbonyl (C=O) groups excluding carboxylic acids is 1. The van der Waals surface area contributed by atoms with E-state index in [0.29, 0.717) is 6.54 Å². The summed E-state index contributed by atoms with van der Waals surface area (Å²) >= 11 is 2.88. The molecule has 0 N–H and O–H groups in total. The highest BCUT2D eigenvalue weighted by atomic mass is 79.9. The lowest BCUT2D eigenvalue weighted by Gasteiger charge is -2.20. The first kappa shape index (κ1) is 13.9. The Bertz CT molecular complexity index is 289. The van der Waals surface area contributed by atoms with Gasteiger partial charge in [0.05, 0.1) is 6.54 Å². The van der Waals surface area contributed by atoms with Gasteiger partial charge < -0.3 is 4.90 Å². The van der Waals surface area contributed by atoms with Crippen molar-refractivity contribution >= 4 is 31.9 Å². The van der Waals surface area contributed by atoms with Crippen LogP contribution in [0.15, 0.2) is 0 Å². The largest absolute Gasteiger partial charge is 0.348 e. The Hall–Kier alpha value is -0.140. The maximum Gasteiger partial charge on any atom is 0.237 e. The van der Waals surface area contributed by atoms with Gasteiger partial charge in [-0.15, -0.1) is 0 Å². The summed E-state index contributed by atoms with van der Waals surface area (Å²) < 4.78 is 23.8. The van der Waals surface area contributed by atoms with Crippen molar-refractivity contribution in [1.29, 1.82) is 0 Å². The third kappa shape index (κ3) is 3.93. The van der Waals surface area contributed by atoms with Crippen LogP contribution in [0.5, 0.6) is 0 Å². The molecule has 84 valence electrons. The molecule has 14 heavy (non-hydrogen) atoms. The lowest BCUT2D eigenvalue weighted by Crippen LogP contribution is -2.40. The number of carbonyl (C=O) groups is 1. The molecule has 0 aliphatic carbocycles. The van der Waals surface area contributed by atoms with E-state index in [-0.39, 0.29) is 17.1 Å². The fraction of sp³-hybridized carbons (Fsp3) is 0.857. The Morgan fingerprint density at radius 3 is 2.14 bits per heavy atom. The van der Waals surface area contributed by atoms with Crippen LogP contribution in [0.1, 0.15) is 6.92 Å². The predicted octanol–water partition coefficient (Wildman–Crippen LogP) is 0.0787. The average Bonchev–Trinajstić information content (AvgIpc) is 2.13. The van der Waals surface area contributed by atoms with Crippen LogP contribution < -0.4 is 0 Å². The van der Waals surface area contributed by atoms with E-state index in [9.17, 15) is 13.2 Å². The molecule has 0 aliphatic rings. The number of rotatable bonds is 5. The van der Waals surface area contributed by atoms with Crippen LogP contribution in [0, 0.1) is 0 Å². The van der Waals surface area contributed by atoms with Gasteiger partial charge in [0.1, 0.15) is 4.66 Å². The topological polar surface area (TPSA) is 57.7 Å². The first-order valence-electron chi connectivity index (χ1n) is 4.09. The zero-order chi connectivity index (χ0) is 11.4. The third-order valence-corrected chi connectivity index (χ3v) is 4.88. The first-order valence-corrected chi connectivity index (χ1v) is 6.82. The molecule has 0 aromatic rings. The van der Waals surface area contributed by atoms with Gasteiger partial charge >= 0.3 is 0 Å². The van der Waals surface area contributed by atoms with Crippen molar-refractivity contribution in [2.45, 2.75) is 6.92 Å². The van der Waals surface area contributed by atoms with Gasteiger partial charge in [-0.2, -0.15) is 4.31 Å². The zero-order valence-corrected chi connectivity index (χ0v) is 10.9. The smallest absolute Gasteiger partial charge is 0.237 e. The fourth-order valence-corrected chi connectivity index (χ4v) is 2.48. The molecular weight excluding hydrogens is 272 g/mol. The van der Waals surface area contributed by atoms with Crippen LogP contribution in [0.3, 0.4) is 0 Å². The summed E-state index contributed by atoms with van der Waals surface area (Å²) in [6, 6.07) is 0. The summed E-state index contributed by atoms with van der Waals surface area (Å²) in [6.45, 7) is 1.90. The van der Waals surface area contributed by atoms with E-state index >= 15 is 0 Å². The van der Waals surface area contributed by atoms with Crippen LogP contribution in [-0.2, 0) is 14.8 Å². The molecule has 1 amide bonds. The Morgan fingerprint density at radius 1 is 1.36 bits per heavy atom. The highest BCUT2D eigenvalue weighted by Gasteiger charge is 2.22. The molecule has 0 spiro atoms. The number of hydrogen-bond acceptors (Lipinski definition) is 3. The number of hydrogen-bond donors (Lipinski definition) is 0. The molecule has 5 nitrogen and oxygen atoms in total. The van der Waals surface area contributed by atoms with Crippen molar-refractivity contribution in [3.05, 3.63) is 0 Å². The number of alkyl halides is 1. The monoisotopic (exact) mass is 286 g/mol. The van der Waals surface area contributed by atoms with Gasteiger partial charge in [0, 0.05) is 20.6 Å². The van der Waals surface area contributed by atoms with E-state index in [4.69, 9.17) is 0 Å². The van der Waals surface area contributed by atoms with Gasteiger partial charge in [-0.25, -0.2) is 8.42 Å². The number of sulfonamides is 1. The van der Waals surface area contributed by atoms with Crippen molar-refractivity contribution in [3.8, 4) is 0 Å². The molecule has 0 saturated carbocycles. The summed E-state index contributed by atoms with van der Waals surface area (Å²) in [5, 5.41) is 0. The maximum atomic E-state index is 11.4. The lowest BCUT2D eigenvalue weighted by atomic mass is 10.5. The van der Waals surface area contributed by atoms with Gasteiger partial charge in [-0.05, 0) is 0 Å².